The summed E-state index contributed by atoms with van der Waals surface area (Å²) >= 11 is 0. The van der Waals surface area contributed by atoms with Crippen molar-refractivity contribution in [3.05, 3.63) is 71.5 Å². The van der Waals surface area contributed by atoms with Gasteiger partial charge in [0.15, 0.2) is 0 Å². The molecule has 0 saturated heterocycles. The van der Waals surface area contributed by atoms with E-state index in [0.717, 1.165) is 12.0 Å². The quantitative estimate of drug-likeness (QED) is 0.708. The van der Waals surface area contributed by atoms with Gasteiger partial charge in [0.05, 0.1) is 0 Å². The number of carbonyl (C=O) groups excluding carboxylic acids is 2. The second kappa shape index (κ2) is 10.6. The summed E-state index contributed by atoms with van der Waals surface area (Å²) in [6.45, 7) is 5.74. The molecule has 0 aliphatic rings. The number of carbonyl (C=O) groups is 2. The maximum absolute atomic E-state index is 14.2. The molecule has 0 aliphatic heterocycles. The van der Waals surface area contributed by atoms with E-state index >= 15 is 0 Å². The third kappa shape index (κ3) is 5.91. The molecule has 0 aromatic heterocycles. The van der Waals surface area contributed by atoms with Crippen LogP contribution in [0.2, 0.25) is 0 Å². The molecule has 0 fully saturated rings. The van der Waals surface area contributed by atoms with Crippen molar-refractivity contribution in [1.29, 1.82) is 0 Å². The highest BCUT2D eigenvalue weighted by Crippen LogP contribution is 2.17. The van der Waals surface area contributed by atoms with Crippen LogP contribution in [-0.4, -0.2) is 28.8 Å². The zero-order chi connectivity index (χ0) is 20.5. The van der Waals surface area contributed by atoms with Gasteiger partial charge in [-0.3, -0.25) is 9.59 Å². The predicted octanol–water partition coefficient (Wildman–Crippen LogP) is 4.09. The molecule has 1 N–H and O–H groups in total. The van der Waals surface area contributed by atoms with Gasteiger partial charge in [0, 0.05) is 31.0 Å². The Morgan fingerprint density at radius 2 is 1.68 bits per heavy atom. The zero-order valence-electron chi connectivity index (χ0n) is 16.8. The molecule has 2 rings (SSSR count). The number of nitrogens with one attached hydrogen (secondary N) is 1. The Labute approximate surface area is 166 Å². The minimum absolute atomic E-state index is 0.00202. The van der Waals surface area contributed by atoms with E-state index in [9.17, 15) is 14.0 Å². The average Bonchev–Trinajstić information content (AvgIpc) is 2.71. The fraction of sp³-hybridized carbons (Fsp3) is 0.391. The molecule has 0 aliphatic carbocycles. The van der Waals surface area contributed by atoms with Crippen LogP contribution < -0.4 is 5.32 Å². The van der Waals surface area contributed by atoms with Gasteiger partial charge in [-0.2, -0.15) is 0 Å². The summed E-state index contributed by atoms with van der Waals surface area (Å²) in [7, 11) is 0. The summed E-state index contributed by atoms with van der Waals surface area (Å²) in [6.07, 6.45) is 1.42. The Bertz CT molecular complexity index is 779. The smallest absolute Gasteiger partial charge is 0.243 e. The highest BCUT2D eigenvalue weighted by Gasteiger charge is 2.30. The average molecular weight is 384 g/mol. The molecule has 150 valence electrons. The highest BCUT2D eigenvalue weighted by atomic mass is 19.1. The number of hydrogen-bond donors (Lipinski definition) is 1. The highest BCUT2D eigenvalue weighted by molar-refractivity contribution is 5.88. The molecule has 0 saturated carbocycles. The number of halogens is 1. The number of rotatable bonds is 9. The zero-order valence-corrected chi connectivity index (χ0v) is 16.8. The molecule has 4 nitrogen and oxygen atoms in total. The normalized spacial score (nSPS) is 12.9. The second-order valence-electron chi connectivity index (χ2n) is 6.99. The Morgan fingerprint density at radius 3 is 2.29 bits per heavy atom. The van der Waals surface area contributed by atoms with Gasteiger partial charge in [-0.25, -0.2) is 4.39 Å². The molecule has 2 aromatic rings. The van der Waals surface area contributed by atoms with Gasteiger partial charge in [0.1, 0.15) is 11.9 Å². The van der Waals surface area contributed by atoms with E-state index < -0.39 is 6.04 Å². The largest absolute Gasteiger partial charge is 0.352 e. The third-order valence-electron chi connectivity index (χ3n) is 4.87. The van der Waals surface area contributed by atoms with E-state index in [2.05, 4.69) is 5.32 Å². The molecule has 0 heterocycles. The summed E-state index contributed by atoms with van der Waals surface area (Å²) in [6, 6.07) is 15.2. The molecule has 0 radical (unpaired) electrons. The van der Waals surface area contributed by atoms with Crippen LogP contribution in [0.1, 0.15) is 44.7 Å². The van der Waals surface area contributed by atoms with Crippen LogP contribution in [0.4, 0.5) is 4.39 Å². The molecule has 5 heteroatoms. The van der Waals surface area contributed by atoms with Gasteiger partial charge in [0.2, 0.25) is 11.8 Å². The molecule has 0 bridgehead atoms. The van der Waals surface area contributed by atoms with Crippen molar-refractivity contribution in [2.45, 2.75) is 58.7 Å². The first kappa shape index (κ1) is 21.6. The minimum atomic E-state index is -0.705. The minimum Gasteiger partial charge on any atom is -0.352 e. The fourth-order valence-corrected chi connectivity index (χ4v) is 3.01. The van der Waals surface area contributed by atoms with Crippen molar-refractivity contribution in [2.24, 2.45) is 0 Å². The predicted molar refractivity (Wildman–Crippen MR) is 109 cm³/mol. The first-order valence-corrected chi connectivity index (χ1v) is 9.83. The lowest BCUT2D eigenvalue weighted by Gasteiger charge is -2.32. The lowest BCUT2D eigenvalue weighted by Crippen LogP contribution is -2.52. The molecule has 2 aromatic carbocycles. The standard InChI is InChI=1S/C23H29FN2O2/c1-4-17(3)25-23(28)21(15-18-11-7-6-8-12-18)26(22(27)5-2)16-19-13-9-10-14-20(19)24/h6-14,17,21H,4-5,15-16H2,1-3H3,(H,25,28)/t17-,21-/m0/s1. The third-order valence-corrected chi connectivity index (χ3v) is 4.87. The fourth-order valence-electron chi connectivity index (χ4n) is 3.01. The number of amides is 2. The molecule has 2 atom stereocenters. The van der Waals surface area contributed by atoms with Crippen LogP contribution in [0.15, 0.2) is 54.6 Å². The van der Waals surface area contributed by atoms with Crippen LogP contribution in [0, 0.1) is 5.82 Å². The molecule has 2 amide bonds. The SMILES string of the molecule is CCC(=O)N(Cc1ccccc1F)[C@@H](Cc1ccccc1)C(=O)N[C@@H](C)CC. The van der Waals surface area contributed by atoms with E-state index in [4.69, 9.17) is 0 Å². The van der Waals surface area contributed by atoms with Crippen LogP contribution in [-0.2, 0) is 22.6 Å². The van der Waals surface area contributed by atoms with E-state index in [1.807, 2.05) is 44.2 Å². The Hall–Kier alpha value is -2.69. The van der Waals surface area contributed by atoms with Crippen molar-refractivity contribution >= 4 is 11.8 Å². The van der Waals surface area contributed by atoms with Crippen molar-refractivity contribution in [3.63, 3.8) is 0 Å². The van der Waals surface area contributed by atoms with Gasteiger partial charge >= 0.3 is 0 Å². The van der Waals surface area contributed by atoms with Crippen molar-refractivity contribution in [1.82, 2.24) is 10.2 Å². The molecular formula is C23H29FN2O2. The number of hydrogen-bond acceptors (Lipinski definition) is 2. The maximum atomic E-state index is 14.2. The monoisotopic (exact) mass is 384 g/mol. The molecule has 0 spiro atoms. The number of nitrogens with zero attached hydrogens (tertiary/aromatic N) is 1. The van der Waals surface area contributed by atoms with E-state index in [1.165, 1.54) is 11.0 Å². The number of benzene rings is 2. The topological polar surface area (TPSA) is 49.4 Å². The summed E-state index contributed by atoms with van der Waals surface area (Å²) in [5.41, 5.74) is 1.35. The van der Waals surface area contributed by atoms with Gasteiger partial charge in [-0.15, -0.1) is 0 Å². The van der Waals surface area contributed by atoms with E-state index in [-0.39, 0.29) is 36.6 Å². The second-order valence-corrected chi connectivity index (χ2v) is 6.99. The van der Waals surface area contributed by atoms with Crippen LogP contribution in [0.3, 0.4) is 0 Å². The Morgan fingerprint density at radius 1 is 1.04 bits per heavy atom. The Balaban J connectivity index is 2.37. The molecule has 0 unspecified atom stereocenters. The first-order chi connectivity index (χ1) is 13.5. The summed E-state index contributed by atoms with van der Waals surface area (Å²) in [4.78, 5) is 27.3. The van der Waals surface area contributed by atoms with Crippen LogP contribution >= 0.6 is 0 Å². The summed E-state index contributed by atoms with van der Waals surface area (Å²) in [5.74, 6) is -0.767. The first-order valence-electron chi connectivity index (χ1n) is 9.83. The van der Waals surface area contributed by atoms with E-state index in [1.54, 1.807) is 25.1 Å². The van der Waals surface area contributed by atoms with Gasteiger partial charge in [0.25, 0.3) is 0 Å². The maximum Gasteiger partial charge on any atom is 0.243 e. The lowest BCUT2D eigenvalue weighted by molar-refractivity contribution is -0.141. The molecule has 28 heavy (non-hydrogen) atoms. The summed E-state index contributed by atoms with van der Waals surface area (Å²) in [5, 5.41) is 2.98. The van der Waals surface area contributed by atoms with Crippen molar-refractivity contribution in [3.8, 4) is 0 Å². The van der Waals surface area contributed by atoms with Crippen molar-refractivity contribution in [2.75, 3.05) is 0 Å². The molecular weight excluding hydrogens is 355 g/mol. The van der Waals surface area contributed by atoms with E-state index in [0.29, 0.717) is 12.0 Å². The van der Waals surface area contributed by atoms with Crippen LogP contribution in [0.5, 0.6) is 0 Å². The van der Waals surface area contributed by atoms with Crippen LogP contribution in [0.25, 0.3) is 0 Å². The van der Waals surface area contributed by atoms with Gasteiger partial charge in [-0.05, 0) is 25.0 Å². The lowest BCUT2D eigenvalue weighted by atomic mass is 10.0. The van der Waals surface area contributed by atoms with Crippen molar-refractivity contribution < 1.29 is 14.0 Å². The Kier molecular flexibility index (Phi) is 8.18. The van der Waals surface area contributed by atoms with Gasteiger partial charge < -0.3 is 10.2 Å². The summed E-state index contributed by atoms with van der Waals surface area (Å²) < 4.78 is 14.2. The van der Waals surface area contributed by atoms with Gasteiger partial charge in [-0.1, -0.05) is 62.4 Å².